The molecule has 0 bridgehead atoms. The lowest BCUT2D eigenvalue weighted by Gasteiger charge is -2.25. The van der Waals surface area contributed by atoms with E-state index in [-0.39, 0.29) is 11.9 Å². The second-order valence-electron chi connectivity index (χ2n) is 6.92. The summed E-state index contributed by atoms with van der Waals surface area (Å²) < 4.78 is 0. The normalized spacial score (nSPS) is 12.0. The van der Waals surface area contributed by atoms with Crippen molar-refractivity contribution in [3.05, 3.63) is 90.0 Å². The minimum absolute atomic E-state index is 0.00512. The second-order valence-corrected chi connectivity index (χ2v) is 6.92. The highest BCUT2D eigenvalue weighted by Crippen LogP contribution is 2.27. The van der Waals surface area contributed by atoms with Gasteiger partial charge < -0.3 is 5.32 Å². The molecule has 0 aliphatic carbocycles. The number of anilines is 1. The van der Waals surface area contributed by atoms with Gasteiger partial charge >= 0.3 is 0 Å². The van der Waals surface area contributed by atoms with E-state index in [0.29, 0.717) is 0 Å². The summed E-state index contributed by atoms with van der Waals surface area (Å²) in [5, 5.41) is 3.11. The fourth-order valence-corrected chi connectivity index (χ4v) is 3.09. The molecule has 3 rings (SSSR count). The van der Waals surface area contributed by atoms with Crippen LogP contribution in [0.3, 0.4) is 0 Å². The first kappa shape index (κ1) is 18.9. The van der Waals surface area contributed by atoms with Gasteiger partial charge in [-0.2, -0.15) is 0 Å². The maximum atomic E-state index is 12.9. The molecule has 1 atom stereocenters. The van der Waals surface area contributed by atoms with Gasteiger partial charge in [0.2, 0.25) is 5.91 Å². The topological polar surface area (TPSA) is 32.3 Å². The Labute approximate surface area is 161 Å². The molecule has 0 heterocycles. The highest BCUT2D eigenvalue weighted by atomic mass is 16.2. The van der Waals surface area contributed by atoms with Crippen LogP contribution in [0.4, 0.5) is 5.69 Å². The first-order valence-electron chi connectivity index (χ1n) is 9.26. The van der Waals surface area contributed by atoms with Crippen LogP contribution in [0.15, 0.2) is 78.9 Å². The summed E-state index contributed by atoms with van der Waals surface area (Å²) in [7, 11) is 1.99. The molecule has 3 nitrogen and oxygen atoms in total. The van der Waals surface area contributed by atoms with E-state index in [4.69, 9.17) is 0 Å². The molecular formula is C24H26N2O. The maximum absolute atomic E-state index is 12.9. The van der Waals surface area contributed by atoms with Gasteiger partial charge in [-0.15, -0.1) is 0 Å². The molecular weight excluding hydrogens is 332 g/mol. The van der Waals surface area contributed by atoms with E-state index >= 15 is 0 Å². The second kappa shape index (κ2) is 8.65. The van der Waals surface area contributed by atoms with Crippen molar-refractivity contribution >= 4 is 11.6 Å². The Morgan fingerprint density at radius 3 is 2.30 bits per heavy atom. The average Bonchev–Trinajstić information content (AvgIpc) is 2.70. The number of rotatable bonds is 6. The number of para-hydroxylation sites is 1. The van der Waals surface area contributed by atoms with Gasteiger partial charge in [0.25, 0.3) is 0 Å². The molecule has 27 heavy (non-hydrogen) atoms. The van der Waals surface area contributed by atoms with Crippen LogP contribution in [-0.4, -0.2) is 23.9 Å². The van der Waals surface area contributed by atoms with Crippen molar-refractivity contribution in [2.75, 3.05) is 12.4 Å². The van der Waals surface area contributed by atoms with Crippen LogP contribution < -0.4 is 5.32 Å². The Bertz CT molecular complexity index is 905. The Balaban J connectivity index is 1.73. The quantitative estimate of drug-likeness (QED) is 0.663. The predicted octanol–water partition coefficient (Wildman–Crippen LogP) is 5.12. The van der Waals surface area contributed by atoms with Crippen molar-refractivity contribution in [2.45, 2.75) is 26.4 Å². The summed E-state index contributed by atoms with van der Waals surface area (Å²) >= 11 is 0. The number of amides is 1. The molecule has 138 valence electrons. The fourth-order valence-electron chi connectivity index (χ4n) is 3.09. The van der Waals surface area contributed by atoms with E-state index in [1.807, 2.05) is 68.6 Å². The molecule has 0 saturated carbocycles. The molecule has 0 unspecified atom stereocenters. The highest BCUT2D eigenvalue weighted by molar-refractivity contribution is 5.98. The van der Waals surface area contributed by atoms with Crippen molar-refractivity contribution < 1.29 is 4.79 Å². The third-order valence-electron chi connectivity index (χ3n) is 4.99. The van der Waals surface area contributed by atoms with Gasteiger partial charge in [-0.25, -0.2) is 0 Å². The summed E-state index contributed by atoms with van der Waals surface area (Å²) in [6, 6.07) is 26.1. The van der Waals surface area contributed by atoms with Crippen LogP contribution in [0.25, 0.3) is 11.1 Å². The van der Waals surface area contributed by atoms with Crippen molar-refractivity contribution in [1.29, 1.82) is 0 Å². The Kier molecular flexibility index (Phi) is 6.05. The zero-order chi connectivity index (χ0) is 19.2. The Hall–Kier alpha value is -2.91. The van der Waals surface area contributed by atoms with Crippen LogP contribution in [0.2, 0.25) is 0 Å². The standard InChI is InChI=1S/C24H26N2O/c1-18-11-7-8-14-21(18)17-26(3)19(2)24(27)25-23-16-10-9-15-22(23)20-12-5-4-6-13-20/h4-16,19H,17H2,1-3H3,(H,25,27)/t19-/m1/s1. The van der Waals surface area contributed by atoms with Crippen molar-refractivity contribution in [2.24, 2.45) is 0 Å². The van der Waals surface area contributed by atoms with Crippen LogP contribution >= 0.6 is 0 Å². The third-order valence-corrected chi connectivity index (χ3v) is 4.99. The first-order valence-corrected chi connectivity index (χ1v) is 9.26. The highest BCUT2D eigenvalue weighted by Gasteiger charge is 2.19. The summed E-state index contributed by atoms with van der Waals surface area (Å²) in [5.41, 5.74) is 5.44. The monoisotopic (exact) mass is 358 g/mol. The summed E-state index contributed by atoms with van der Waals surface area (Å²) in [6.45, 7) is 4.78. The number of benzene rings is 3. The summed E-state index contributed by atoms with van der Waals surface area (Å²) in [5.74, 6) is -0.00512. The fraction of sp³-hybridized carbons (Fsp3) is 0.208. The van der Waals surface area contributed by atoms with E-state index in [2.05, 4.69) is 41.4 Å². The molecule has 0 saturated heterocycles. The zero-order valence-corrected chi connectivity index (χ0v) is 16.1. The van der Waals surface area contributed by atoms with E-state index < -0.39 is 0 Å². The van der Waals surface area contributed by atoms with Gasteiger partial charge in [0.05, 0.1) is 6.04 Å². The van der Waals surface area contributed by atoms with Crippen LogP contribution in [0, 0.1) is 6.92 Å². The van der Waals surface area contributed by atoms with E-state index in [1.165, 1.54) is 11.1 Å². The lowest BCUT2D eigenvalue weighted by molar-refractivity contribution is -0.120. The van der Waals surface area contributed by atoms with Crippen LogP contribution in [0.1, 0.15) is 18.1 Å². The molecule has 0 aliphatic rings. The van der Waals surface area contributed by atoms with Crippen molar-refractivity contribution in [1.82, 2.24) is 4.90 Å². The largest absolute Gasteiger partial charge is 0.324 e. The van der Waals surface area contributed by atoms with Gasteiger partial charge in [-0.1, -0.05) is 72.8 Å². The van der Waals surface area contributed by atoms with Gasteiger partial charge in [0.1, 0.15) is 0 Å². The number of hydrogen-bond donors (Lipinski definition) is 1. The molecule has 0 aromatic heterocycles. The number of likely N-dealkylation sites (N-methyl/N-ethyl adjacent to an activating group) is 1. The minimum Gasteiger partial charge on any atom is -0.324 e. The molecule has 3 heteroatoms. The lowest BCUT2D eigenvalue weighted by atomic mass is 10.0. The Morgan fingerprint density at radius 2 is 1.56 bits per heavy atom. The average molecular weight is 358 g/mol. The van der Waals surface area contributed by atoms with Gasteiger partial charge in [0, 0.05) is 17.8 Å². The number of aryl methyl sites for hydroxylation is 1. The number of carbonyl (C=O) groups excluding carboxylic acids is 1. The molecule has 0 aliphatic heterocycles. The predicted molar refractivity (Wildman–Crippen MR) is 113 cm³/mol. The molecule has 1 amide bonds. The summed E-state index contributed by atoms with van der Waals surface area (Å²) in [6.07, 6.45) is 0. The number of carbonyl (C=O) groups is 1. The van der Waals surface area contributed by atoms with Gasteiger partial charge in [-0.05, 0) is 43.7 Å². The SMILES string of the molecule is Cc1ccccc1CN(C)[C@H](C)C(=O)Nc1ccccc1-c1ccccc1. The summed E-state index contributed by atoms with van der Waals surface area (Å²) in [4.78, 5) is 14.9. The minimum atomic E-state index is -0.242. The van der Waals surface area contributed by atoms with E-state index in [1.54, 1.807) is 0 Å². The molecule has 3 aromatic rings. The third kappa shape index (κ3) is 4.63. The van der Waals surface area contributed by atoms with E-state index in [0.717, 1.165) is 23.4 Å². The number of hydrogen-bond acceptors (Lipinski definition) is 2. The molecule has 1 N–H and O–H groups in total. The van der Waals surface area contributed by atoms with E-state index in [9.17, 15) is 4.79 Å². The van der Waals surface area contributed by atoms with Crippen LogP contribution in [-0.2, 0) is 11.3 Å². The molecule has 3 aromatic carbocycles. The zero-order valence-electron chi connectivity index (χ0n) is 16.1. The molecule has 0 fully saturated rings. The molecule has 0 spiro atoms. The Morgan fingerprint density at radius 1 is 0.926 bits per heavy atom. The molecule has 0 radical (unpaired) electrons. The van der Waals surface area contributed by atoms with Crippen molar-refractivity contribution in [3.8, 4) is 11.1 Å². The van der Waals surface area contributed by atoms with Crippen LogP contribution in [0.5, 0.6) is 0 Å². The van der Waals surface area contributed by atoms with Gasteiger partial charge in [0.15, 0.2) is 0 Å². The number of nitrogens with zero attached hydrogens (tertiary/aromatic N) is 1. The van der Waals surface area contributed by atoms with Crippen molar-refractivity contribution in [3.63, 3.8) is 0 Å². The van der Waals surface area contributed by atoms with Gasteiger partial charge in [-0.3, -0.25) is 9.69 Å². The maximum Gasteiger partial charge on any atom is 0.241 e. The first-order chi connectivity index (χ1) is 13.1. The lowest BCUT2D eigenvalue weighted by Crippen LogP contribution is -2.39. The number of nitrogens with one attached hydrogen (secondary N) is 1. The smallest absolute Gasteiger partial charge is 0.241 e.